The maximum Gasteiger partial charge on any atom is 0.220 e. The zero-order valence-corrected chi connectivity index (χ0v) is 12.0. The molecule has 0 unspecified atom stereocenters. The van der Waals surface area contributed by atoms with Gasteiger partial charge >= 0.3 is 0 Å². The van der Waals surface area contributed by atoms with Crippen LogP contribution in [0.25, 0.3) is 0 Å². The second kappa shape index (κ2) is 5.37. The Morgan fingerprint density at radius 2 is 1.86 bits per heavy atom. The van der Waals surface area contributed by atoms with Crippen molar-refractivity contribution in [2.24, 2.45) is 21.5 Å². The van der Waals surface area contributed by atoms with Gasteiger partial charge in [-0.05, 0) is 31.7 Å². The van der Waals surface area contributed by atoms with Crippen LogP contribution in [0.15, 0.2) is 34.3 Å². The van der Waals surface area contributed by atoms with Gasteiger partial charge in [-0.25, -0.2) is 4.99 Å². The Bertz CT molecular complexity index is 589. The highest BCUT2D eigenvalue weighted by molar-refractivity contribution is 6.06. The van der Waals surface area contributed by atoms with E-state index in [1.54, 1.807) is 0 Å². The number of nitrogens with two attached hydrogens (primary N) is 2. The summed E-state index contributed by atoms with van der Waals surface area (Å²) in [5.74, 6) is 0.595. The summed E-state index contributed by atoms with van der Waals surface area (Å²) < 4.78 is 0. The maximum absolute atomic E-state index is 9.61. The van der Waals surface area contributed by atoms with E-state index in [0.29, 0.717) is 5.96 Å². The average molecular weight is 287 g/mol. The highest BCUT2D eigenvalue weighted by Gasteiger charge is 2.43. The quantitative estimate of drug-likeness (QED) is 0.763. The average Bonchev–Trinajstić information content (AvgIpc) is 2.47. The molecule has 1 aliphatic heterocycles. The first-order chi connectivity index (χ1) is 10.2. The molecule has 1 fully saturated rings. The molecule has 0 saturated heterocycles. The summed E-state index contributed by atoms with van der Waals surface area (Å²) >= 11 is 0. The normalized spacial score (nSPS) is 21.1. The lowest BCUT2D eigenvalue weighted by atomic mass is 9.87. The smallest absolute Gasteiger partial charge is 0.220 e. The Morgan fingerprint density at radius 3 is 2.57 bits per heavy atom. The molecule has 0 radical (unpaired) electrons. The molecule has 3 rings (SSSR count). The van der Waals surface area contributed by atoms with Gasteiger partial charge in [-0.15, -0.1) is 0 Å². The summed E-state index contributed by atoms with van der Waals surface area (Å²) in [4.78, 5) is 10.7. The van der Waals surface area contributed by atoms with E-state index in [4.69, 9.17) is 11.5 Å². The molecule has 2 aliphatic rings. The van der Waals surface area contributed by atoms with Gasteiger partial charge in [0.25, 0.3) is 0 Å². The minimum atomic E-state index is -0.459. The molecule has 1 aliphatic carbocycles. The van der Waals surface area contributed by atoms with E-state index in [1.165, 1.54) is 6.42 Å². The van der Waals surface area contributed by atoms with Crippen LogP contribution in [0.3, 0.4) is 0 Å². The summed E-state index contributed by atoms with van der Waals surface area (Å²) in [6.07, 6.45) is 5.15. The van der Waals surface area contributed by atoms with Crippen LogP contribution in [0.5, 0.6) is 0 Å². The second-order valence-corrected chi connectivity index (χ2v) is 5.61. The molecule has 5 N–H and O–H groups in total. The van der Waals surface area contributed by atoms with Gasteiger partial charge < -0.3 is 16.6 Å². The van der Waals surface area contributed by atoms with E-state index in [1.807, 2.05) is 29.2 Å². The lowest BCUT2D eigenvalue weighted by Gasteiger charge is -2.46. The Labute approximate surface area is 124 Å². The largest absolute Gasteiger partial charge is 0.392 e. The van der Waals surface area contributed by atoms with Gasteiger partial charge in [0.15, 0.2) is 0 Å². The molecule has 1 aromatic rings. The minimum Gasteiger partial charge on any atom is -0.392 e. The van der Waals surface area contributed by atoms with Crippen molar-refractivity contribution in [3.05, 3.63) is 29.8 Å². The van der Waals surface area contributed by atoms with Crippen molar-refractivity contribution >= 4 is 17.6 Å². The van der Waals surface area contributed by atoms with Crippen molar-refractivity contribution < 1.29 is 5.11 Å². The molecule has 1 heterocycles. The van der Waals surface area contributed by atoms with E-state index in [9.17, 15) is 5.11 Å². The molecule has 0 amide bonds. The van der Waals surface area contributed by atoms with Crippen molar-refractivity contribution in [1.29, 1.82) is 0 Å². The first kappa shape index (κ1) is 13.9. The van der Waals surface area contributed by atoms with Gasteiger partial charge in [-0.3, -0.25) is 4.90 Å². The molecule has 0 aromatic heterocycles. The number of hydrogen-bond donors (Lipinski definition) is 3. The van der Waals surface area contributed by atoms with Crippen LogP contribution in [0.4, 0.5) is 5.69 Å². The van der Waals surface area contributed by atoms with Crippen LogP contribution in [-0.2, 0) is 6.61 Å². The topological polar surface area (TPSA) is 100 Å². The molecule has 21 heavy (non-hydrogen) atoms. The third-order valence-corrected chi connectivity index (χ3v) is 4.25. The number of aliphatic hydroxyl groups is 1. The van der Waals surface area contributed by atoms with Crippen molar-refractivity contribution in [3.63, 3.8) is 0 Å². The number of para-hydroxylation sites is 1. The summed E-state index contributed by atoms with van der Waals surface area (Å²) in [5.41, 5.74) is 13.2. The van der Waals surface area contributed by atoms with E-state index < -0.39 is 5.66 Å². The Kier molecular flexibility index (Phi) is 3.55. The van der Waals surface area contributed by atoms with E-state index in [-0.39, 0.29) is 12.6 Å². The first-order valence-electron chi connectivity index (χ1n) is 7.35. The number of hydrogen-bond acceptors (Lipinski definition) is 6. The minimum absolute atomic E-state index is 0.0464. The van der Waals surface area contributed by atoms with Crippen LogP contribution >= 0.6 is 0 Å². The van der Waals surface area contributed by atoms with Crippen molar-refractivity contribution in [2.45, 2.75) is 44.4 Å². The standard InChI is InChI=1S/C15H21N5O/c16-13-18-14(17)20(12-7-3-2-6-11(12)10-21)15(19-13)8-4-1-5-9-15/h2-3,6-7,21H,1,4-5,8-10H2,(H4,16,17,18,19). The number of nitrogens with zero attached hydrogens (tertiary/aromatic N) is 3. The fourth-order valence-electron chi connectivity index (χ4n) is 3.33. The summed E-state index contributed by atoms with van der Waals surface area (Å²) in [5, 5.41) is 9.61. The predicted molar refractivity (Wildman–Crippen MR) is 83.9 cm³/mol. The zero-order valence-electron chi connectivity index (χ0n) is 12.0. The summed E-state index contributed by atoms with van der Waals surface area (Å²) in [6, 6.07) is 7.67. The predicted octanol–water partition coefficient (Wildman–Crippen LogP) is 1.29. The van der Waals surface area contributed by atoms with Gasteiger partial charge in [0.1, 0.15) is 5.66 Å². The molecular weight excluding hydrogens is 266 g/mol. The SMILES string of the molecule is NC1=NC2(CCCCC2)N(c2ccccc2CO)C(N)=N1. The van der Waals surface area contributed by atoms with Crippen LogP contribution in [0, 0.1) is 0 Å². The van der Waals surface area contributed by atoms with Gasteiger partial charge in [0.2, 0.25) is 11.9 Å². The third-order valence-electron chi connectivity index (χ3n) is 4.25. The first-order valence-corrected chi connectivity index (χ1v) is 7.35. The van der Waals surface area contributed by atoms with Gasteiger partial charge in [0, 0.05) is 5.56 Å². The Hall–Kier alpha value is -2.08. The highest BCUT2D eigenvalue weighted by atomic mass is 16.3. The molecular formula is C15H21N5O. The monoisotopic (exact) mass is 287 g/mol. The molecule has 112 valence electrons. The number of benzene rings is 1. The zero-order chi connectivity index (χ0) is 14.9. The lowest BCUT2D eigenvalue weighted by Crippen LogP contribution is -2.58. The van der Waals surface area contributed by atoms with Gasteiger partial charge in [-0.2, -0.15) is 4.99 Å². The molecule has 1 saturated carbocycles. The number of guanidine groups is 2. The molecule has 1 spiro atoms. The van der Waals surface area contributed by atoms with Crippen molar-refractivity contribution in [2.75, 3.05) is 4.90 Å². The third kappa shape index (κ3) is 2.35. The van der Waals surface area contributed by atoms with Gasteiger partial charge in [-0.1, -0.05) is 24.6 Å². The molecule has 1 aromatic carbocycles. The molecule has 0 atom stereocenters. The number of aliphatic imine (C=N–C) groups is 2. The fraction of sp³-hybridized carbons (Fsp3) is 0.467. The Morgan fingerprint density at radius 1 is 1.14 bits per heavy atom. The Balaban J connectivity index is 2.11. The number of rotatable bonds is 2. The van der Waals surface area contributed by atoms with E-state index in [0.717, 1.165) is 36.9 Å². The molecule has 6 nitrogen and oxygen atoms in total. The summed E-state index contributed by atoms with van der Waals surface area (Å²) in [6.45, 7) is -0.0464. The van der Waals surface area contributed by atoms with Gasteiger partial charge in [0.05, 0.1) is 12.3 Å². The fourth-order valence-corrected chi connectivity index (χ4v) is 3.33. The van der Waals surface area contributed by atoms with Crippen LogP contribution < -0.4 is 16.4 Å². The second-order valence-electron chi connectivity index (χ2n) is 5.61. The number of anilines is 1. The highest BCUT2D eigenvalue weighted by Crippen LogP contribution is 2.40. The van der Waals surface area contributed by atoms with E-state index >= 15 is 0 Å². The van der Waals surface area contributed by atoms with Crippen LogP contribution in [-0.4, -0.2) is 22.7 Å². The van der Waals surface area contributed by atoms with E-state index in [2.05, 4.69) is 9.98 Å². The molecule has 0 bridgehead atoms. The van der Waals surface area contributed by atoms with Crippen LogP contribution in [0.2, 0.25) is 0 Å². The maximum atomic E-state index is 9.61. The number of aliphatic hydroxyl groups excluding tert-OH is 1. The molecule has 6 heteroatoms. The lowest BCUT2D eigenvalue weighted by molar-refractivity contribution is 0.278. The van der Waals surface area contributed by atoms with Crippen molar-refractivity contribution in [3.8, 4) is 0 Å². The van der Waals surface area contributed by atoms with Crippen molar-refractivity contribution in [1.82, 2.24) is 0 Å². The summed E-state index contributed by atoms with van der Waals surface area (Å²) in [7, 11) is 0. The van der Waals surface area contributed by atoms with Crippen LogP contribution in [0.1, 0.15) is 37.7 Å².